The van der Waals surface area contributed by atoms with Crippen LogP contribution in [0.1, 0.15) is 0 Å². The first-order valence-electron chi connectivity index (χ1n) is 6.87. The number of nitrogens with two attached hydrogens (primary N) is 2. The van der Waals surface area contributed by atoms with Gasteiger partial charge in [0.15, 0.2) is 11.5 Å². The van der Waals surface area contributed by atoms with E-state index in [1.165, 1.54) is 4.90 Å². The molecule has 2 aromatic heterocycles. The second-order valence-corrected chi connectivity index (χ2v) is 10.0. The van der Waals surface area contributed by atoms with Crippen LogP contribution in [0.4, 0.5) is 11.4 Å². The van der Waals surface area contributed by atoms with Gasteiger partial charge in [-0.05, 0) is 18.8 Å². The summed E-state index contributed by atoms with van der Waals surface area (Å²) in [6, 6.07) is 9.58. The van der Waals surface area contributed by atoms with Crippen molar-refractivity contribution in [2.45, 2.75) is 4.90 Å². The number of rotatable bonds is 3. The molecule has 0 radical (unpaired) electrons. The predicted molar refractivity (Wildman–Crippen MR) is 94.3 cm³/mol. The molecule has 3 aromatic rings. The molecule has 0 aliphatic carbocycles. The van der Waals surface area contributed by atoms with E-state index >= 15 is 0 Å². The molecule has 4 nitrogen and oxygen atoms in total. The topological polar surface area (TPSA) is 78.3 Å². The summed E-state index contributed by atoms with van der Waals surface area (Å²) in [7, 11) is -1.08. The number of furan rings is 2. The van der Waals surface area contributed by atoms with Crippen molar-refractivity contribution in [3.05, 3.63) is 42.9 Å². The largest absolute Gasteiger partial charge is 0.462 e. The molecule has 4 N–H and O–H groups in total. The summed E-state index contributed by atoms with van der Waals surface area (Å²) in [5.74, 6) is 1.40. The van der Waals surface area contributed by atoms with Gasteiger partial charge in [0.2, 0.25) is 0 Å². The Morgan fingerprint density at radius 2 is 1.23 bits per heavy atom. The highest BCUT2D eigenvalue weighted by molar-refractivity contribution is 8.32. The van der Waals surface area contributed by atoms with Gasteiger partial charge in [-0.3, -0.25) is 0 Å². The van der Waals surface area contributed by atoms with Crippen molar-refractivity contribution in [1.29, 1.82) is 0 Å². The molecule has 22 heavy (non-hydrogen) atoms. The van der Waals surface area contributed by atoms with E-state index in [9.17, 15) is 0 Å². The van der Waals surface area contributed by atoms with Gasteiger partial charge in [-0.2, -0.15) is 0 Å². The third-order valence-electron chi connectivity index (χ3n) is 3.51. The van der Waals surface area contributed by atoms with E-state index in [0.717, 1.165) is 11.1 Å². The Morgan fingerprint density at radius 1 is 0.773 bits per heavy atom. The Balaban J connectivity index is 2.34. The fourth-order valence-electron chi connectivity index (χ4n) is 2.63. The third-order valence-corrected chi connectivity index (χ3v) is 5.17. The monoisotopic (exact) mass is 316 g/mol. The molecule has 2 heterocycles. The zero-order valence-electron chi connectivity index (χ0n) is 12.9. The highest BCUT2D eigenvalue weighted by atomic mass is 32.3. The highest BCUT2D eigenvalue weighted by Crippen LogP contribution is 2.55. The standard InChI is InChI=1S/C17H20N2O2S/c1-22(2,3)17-11(15-13(18)7-9-20-15)5-4-6-12(17)16-14(19)8-10-21-16/h4-10H,18-19H2,1-3H3. The molecule has 116 valence electrons. The van der Waals surface area contributed by atoms with Crippen LogP contribution in [-0.4, -0.2) is 18.8 Å². The molecule has 0 aliphatic heterocycles. The normalized spacial score (nSPS) is 12.5. The van der Waals surface area contributed by atoms with Crippen LogP contribution in [0.15, 0.2) is 56.6 Å². The third kappa shape index (κ3) is 2.37. The van der Waals surface area contributed by atoms with Crippen LogP contribution >= 0.6 is 10.0 Å². The van der Waals surface area contributed by atoms with Crippen LogP contribution in [0, 0.1) is 0 Å². The SMILES string of the molecule is CS(C)(C)c1c(-c2occc2N)cccc1-c1occc1N. The number of hydrogen-bond donors (Lipinski definition) is 2. The predicted octanol–water partition coefficient (Wildman–Crippen LogP) is 4.42. The van der Waals surface area contributed by atoms with Gasteiger partial charge in [-0.25, -0.2) is 10.0 Å². The van der Waals surface area contributed by atoms with Crippen molar-refractivity contribution < 1.29 is 8.83 Å². The van der Waals surface area contributed by atoms with E-state index in [1.54, 1.807) is 24.7 Å². The van der Waals surface area contributed by atoms with Crippen LogP contribution in [0.2, 0.25) is 0 Å². The molecule has 0 atom stereocenters. The molecule has 5 heteroatoms. The summed E-state index contributed by atoms with van der Waals surface area (Å²) < 4.78 is 11.2. The van der Waals surface area contributed by atoms with Gasteiger partial charge < -0.3 is 20.3 Å². The fraction of sp³-hybridized carbons (Fsp3) is 0.176. The number of nitrogen functional groups attached to an aromatic ring is 2. The van der Waals surface area contributed by atoms with Crippen LogP contribution in [0.3, 0.4) is 0 Å². The molecule has 0 unspecified atom stereocenters. The van der Waals surface area contributed by atoms with Gasteiger partial charge in [-0.15, -0.1) is 0 Å². The van der Waals surface area contributed by atoms with Crippen molar-refractivity contribution in [3.8, 4) is 22.6 Å². The Hall–Kier alpha value is -2.27. The van der Waals surface area contributed by atoms with Crippen LogP contribution in [0.5, 0.6) is 0 Å². The quantitative estimate of drug-likeness (QED) is 0.749. The van der Waals surface area contributed by atoms with E-state index < -0.39 is 10.0 Å². The van der Waals surface area contributed by atoms with E-state index in [1.807, 2.05) is 18.2 Å². The van der Waals surface area contributed by atoms with Crippen molar-refractivity contribution in [3.63, 3.8) is 0 Å². The zero-order valence-corrected chi connectivity index (χ0v) is 13.7. The molecule has 0 spiro atoms. The average Bonchev–Trinajstić information content (AvgIpc) is 3.05. The molecule has 3 rings (SSSR count). The molecular formula is C17H20N2O2S. The van der Waals surface area contributed by atoms with Crippen molar-refractivity contribution in [1.82, 2.24) is 0 Å². The lowest BCUT2D eigenvalue weighted by Crippen LogP contribution is -2.00. The zero-order chi connectivity index (χ0) is 15.9. The van der Waals surface area contributed by atoms with E-state index in [4.69, 9.17) is 20.3 Å². The van der Waals surface area contributed by atoms with Crippen LogP contribution in [-0.2, 0) is 0 Å². The average molecular weight is 316 g/mol. The molecule has 0 aliphatic rings. The van der Waals surface area contributed by atoms with Gasteiger partial charge >= 0.3 is 0 Å². The van der Waals surface area contributed by atoms with E-state index in [2.05, 4.69) is 18.8 Å². The van der Waals surface area contributed by atoms with Crippen molar-refractivity contribution in [2.75, 3.05) is 30.2 Å². The van der Waals surface area contributed by atoms with Gasteiger partial charge in [-0.1, -0.05) is 18.2 Å². The lowest BCUT2D eigenvalue weighted by molar-refractivity contribution is 0.578. The minimum absolute atomic E-state index is 0.634. The van der Waals surface area contributed by atoms with Gasteiger partial charge in [0.05, 0.1) is 23.9 Å². The summed E-state index contributed by atoms with van der Waals surface area (Å²) in [5.41, 5.74) is 15.4. The fourth-order valence-corrected chi connectivity index (χ4v) is 4.27. The minimum Gasteiger partial charge on any atom is -0.462 e. The summed E-state index contributed by atoms with van der Waals surface area (Å²) in [6.07, 6.45) is 9.91. The maximum atomic E-state index is 6.05. The molecule has 0 bridgehead atoms. The van der Waals surface area contributed by atoms with Crippen molar-refractivity contribution in [2.24, 2.45) is 0 Å². The second kappa shape index (κ2) is 5.18. The number of benzene rings is 1. The summed E-state index contributed by atoms with van der Waals surface area (Å²) >= 11 is 0. The summed E-state index contributed by atoms with van der Waals surface area (Å²) in [5, 5.41) is 0. The number of anilines is 2. The first-order chi connectivity index (χ1) is 10.4. The molecule has 0 saturated heterocycles. The van der Waals surface area contributed by atoms with Gasteiger partial charge in [0.1, 0.15) is 0 Å². The lowest BCUT2D eigenvalue weighted by atomic mass is 10.1. The lowest BCUT2D eigenvalue weighted by Gasteiger charge is -2.30. The summed E-state index contributed by atoms with van der Waals surface area (Å²) in [6.45, 7) is 0. The van der Waals surface area contributed by atoms with Crippen LogP contribution in [0.25, 0.3) is 22.6 Å². The maximum absolute atomic E-state index is 6.05. The maximum Gasteiger partial charge on any atom is 0.157 e. The minimum atomic E-state index is -1.08. The number of hydrogen-bond acceptors (Lipinski definition) is 4. The first-order valence-corrected chi connectivity index (χ1v) is 9.73. The van der Waals surface area contributed by atoms with E-state index in [-0.39, 0.29) is 0 Å². The first kappa shape index (κ1) is 14.7. The van der Waals surface area contributed by atoms with E-state index in [0.29, 0.717) is 22.9 Å². The molecular weight excluding hydrogens is 296 g/mol. The highest BCUT2D eigenvalue weighted by Gasteiger charge is 2.24. The Labute approximate surface area is 131 Å². The Bertz CT molecular complexity index is 754. The van der Waals surface area contributed by atoms with Crippen LogP contribution < -0.4 is 11.5 Å². The molecule has 0 amide bonds. The summed E-state index contributed by atoms with van der Waals surface area (Å²) in [4.78, 5) is 1.18. The van der Waals surface area contributed by atoms with Gasteiger partial charge in [0, 0.05) is 28.2 Å². The molecule has 0 saturated carbocycles. The Morgan fingerprint density at radius 3 is 1.55 bits per heavy atom. The van der Waals surface area contributed by atoms with Gasteiger partial charge in [0.25, 0.3) is 0 Å². The Kier molecular flexibility index (Phi) is 3.45. The molecule has 0 fully saturated rings. The molecule has 1 aromatic carbocycles. The van der Waals surface area contributed by atoms with Crippen molar-refractivity contribution >= 4 is 21.4 Å². The second-order valence-electron chi connectivity index (χ2n) is 5.93. The smallest absolute Gasteiger partial charge is 0.157 e.